The Bertz CT molecular complexity index is 1400. The van der Waals surface area contributed by atoms with Gasteiger partial charge in [0.15, 0.2) is 5.75 Å². The summed E-state index contributed by atoms with van der Waals surface area (Å²) in [5, 5.41) is 3.79. The molecule has 0 amide bonds. The zero-order chi connectivity index (χ0) is 25.1. The van der Waals surface area contributed by atoms with Crippen LogP contribution in [-0.2, 0) is 11.2 Å². The molecule has 2 unspecified atom stereocenters. The van der Waals surface area contributed by atoms with E-state index in [1.807, 2.05) is 16.8 Å². The molecule has 0 bridgehead atoms. The zero-order valence-electron chi connectivity index (χ0n) is 19.3. The average Bonchev–Trinajstić information content (AvgIpc) is 3.50. The van der Waals surface area contributed by atoms with Crippen molar-refractivity contribution in [3.8, 4) is 28.4 Å². The van der Waals surface area contributed by atoms with Crippen molar-refractivity contribution < 1.29 is 33.3 Å². The third kappa shape index (κ3) is 3.18. The maximum atomic E-state index is 14.2. The fraction of sp³-hybridized carbons (Fsp3) is 0.280. The van der Waals surface area contributed by atoms with E-state index < -0.39 is 29.1 Å². The summed E-state index contributed by atoms with van der Waals surface area (Å²) in [7, 11) is 4.11. The monoisotopic (exact) mass is 513 g/mol. The summed E-state index contributed by atoms with van der Waals surface area (Å²) in [6, 6.07) is 4.84. The molecule has 2 aliphatic rings. The lowest BCUT2D eigenvalue weighted by atomic mass is 9.69. The van der Waals surface area contributed by atoms with E-state index in [-0.39, 0.29) is 45.5 Å². The molecule has 35 heavy (non-hydrogen) atoms. The van der Waals surface area contributed by atoms with Gasteiger partial charge < -0.3 is 18.9 Å². The number of nitrogens with zero attached hydrogens (tertiary/aromatic N) is 1. The van der Waals surface area contributed by atoms with Gasteiger partial charge in [-0.15, -0.1) is 0 Å². The van der Waals surface area contributed by atoms with Crippen LogP contribution < -0.4 is 14.2 Å². The van der Waals surface area contributed by atoms with Crippen molar-refractivity contribution >= 4 is 40.5 Å². The number of aromatic nitrogens is 1. The Morgan fingerprint density at radius 1 is 1.14 bits per heavy atom. The first kappa shape index (κ1) is 23.3. The minimum absolute atomic E-state index is 0.0488. The van der Waals surface area contributed by atoms with Gasteiger partial charge in [-0.05, 0) is 40.4 Å². The molecule has 3 aromatic rings. The predicted molar refractivity (Wildman–Crippen MR) is 128 cm³/mol. The Morgan fingerprint density at radius 3 is 2.49 bits per heavy atom. The number of Topliss-reactive ketones (excluding diaryl/α,β-unsaturated/α-hetero) is 2. The maximum absolute atomic E-state index is 14.2. The molecule has 0 N–H and O–H groups in total. The van der Waals surface area contributed by atoms with Gasteiger partial charge in [-0.3, -0.25) is 9.59 Å². The number of halogens is 1. The topological polar surface area (TPSA) is 101 Å². The summed E-state index contributed by atoms with van der Waals surface area (Å²) in [5.41, 5.74) is 0.154. The molecule has 0 saturated carbocycles. The van der Waals surface area contributed by atoms with E-state index in [1.54, 1.807) is 6.92 Å². The van der Waals surface area contributed by atoms with Gasteiger partial charge in [0, 0.05) is 12.0 Å². The molecule has 3 heterocycles. The number of carbonyl (C=O) groups is 3. The molecule has 2 atom stereocenters. The fourth-order valence-electron chi connectivity index (χ4n) is 4.77. The normalized spacial score (nSPS) is 20.3. The molecule has 10 heteroatoms. The molecular formula is C25H20ClNO7S. The summed E-state index contributed by atoms with van der Waals surface area (Å²) >= 11 is 7.94. The third-order valence-electron chi connectivity index (χ3n) is 6.50. The van der Waals surface area contributed by atoms with E-state index in [0.717, 1.165) is 5.56 Å². The van der Waals surface area contributed by atoms with Crippen molar-refractivity contribution in [1.82, 2.24) is 4.98 Å². The third-order valence-corrected chi connectivity index (χ3v) is 7.54. The highest BCUT2D eigenvalue weighted by Gasteiger charge is 2.62. The highest BCUT2D eigenvalue weighted by molar-refractivity contribution is 7.08. The smallest absolute Gasteiger partial charge is 0.356 e. The number of hydrogen-bond donors (Lipinski definition) is 0. The van der Waals surface area contributed by atoms with Gasteiger partial charge in [-0.25, -0.2) is 9.78 Å². The van der Waals surface area contributed by atoms with Crippen LogP contribution in [0, 0.1) is 5.92 Å². The number of benzene rings is 1. The summed E-state index contributed by atoms with van der Waals surface area (Å²) in [6.45, 7) is 1.74. The van der Waals surface area contributed by atoms with Gasteiger partial charge in [-0.2, -0.15) is 11.3 Å². The van der Waals surface area contributed by atoms with Crippen molar-refractivity contribution in [1.29, 1.82) is 0 Å². The van der Waals surface area contributed by atoms with E-state index in [9.17, 15) is 14.4 Å². The molecular weight excluding hydrogens is 494 g/mol. The minimum Gasteiger partial charge on any atom is -0.496 e. The molecule has 180 valence electrons. The van der Waals surface area contributed by atoms with Crippen molar-refractivity contribution in [2.75, 3.05) is 21.3 Å². The first-order valence-corrected chi connectivity index (χ1v) is 12.0. The van der Waals surface area contributed by atoms with Gasteiger partial charge in [0.25, 0.3) is 0 Å². The van der Waals surface area contributed by atoms with Crippen molar-refractivity contribution in [3.05, 3.63) is 56.5 Å². The van der Waals surface area contributed by atoms with Crippen LogP contribution >= 0.6 is 22.9 Å². The molecule has 1 aromatic carbocycles. The Balaban J connectivity index is 1.74. The molecule has 1 aliphatic heterocycles. The Hall–Kier alpha value is -3.43. The molecule has 1 spiro atoms. The van der Waals surface area contributed by atoms with Gasteiger partial charge in [0.1, 0.15) is 27.8 Å². The Labute approximate surface area is 209 Å². The van der Waals surface area contributed by atoms with E-state index in [0.29, 0.717) is 11.3 Å². The number of fused-ring (bicyclic) bond motifs is 2. The van der Waals surface area contributed by atoms with Crippen LogP contribution in [0.1, 0.15) is 43.8 Å². The van der Waals surface area contributed by atoms with Gasteiger partial charge >= 0.3 is 5.97 Å². The molecule has 2 aromatic heterocycles. The zero-order valence-corrected chi connectivity index (χ0v) is 20.8. The van der Waals surface area contributed by atoms with E-state index in [1.165, 1.54) is 44.8 Å². The number of methoxy groups -OCH3 is 3. The quantitative estimate of drug-likeness (QED) is 0.367. The number of esters is 1. The van der Waals surface area contributed by atoms with Crippen LogP contribution in [0.2, 0.25) is 5.02 Å². The Kier molecular flexibility index (Phi) is 5.56. The van der Waals surface area contributed by atoms with Crippen LogP contribution in [0.25, 0.3) is 11.1 Å². The molecule has 1 aliphatic carbocycles. The summed E-state index contributed by atoms with van der Waals surface area (Å²) < 4.78 is 21.8. The molecule has 0 saturated heterocycles. The van der Waals surface area contributed by atoms with Gasteiger partial charge in [0.2, 0.25) is 17.2 Å². The van der Waals surface area contributed by atoms with Crippen molar-refractivity contribution in [3.63, 3.8) is 0 Å². The van der Waals surface area contributed by atoms with Crippen LogP contribution in [0.3, 0.4) is 0 Å². The van der Waals surface area contributed by atoms with Crippen LogP contribution in [-0.4, -0.2) is 49.5 Å². The second-order valence-corrected chi connectivity index (χ2v) is 9.44. The van der Waals surface area contributed by atoms with Crippen LogP contribution in [0.5, 0.6) is 17.2 Å². The first-order chi connectivity index (χ1) is 16.8. The Morgan fingerprint density at radius 2 is 1.86 bits per heavy atom. The largest absolute Gasteiger partial charge is 0.496 e. The SMILES string of the molecule is COC(=O)c1cc(-c2ccsc2)c2c(n1)CC(C)C1(Oc3c(Cl)c(OC)cc(OC)c3C1=O)C2=O. The average molecular weight is 514 g/mol. The van der Waals surface area contributed by atoms with Crippen molar-refractivity contribution in [2.45, 2.75) is 18.9 Å². The molecule has 0 fully saturated rings. The highest BCUT2D eigenvalue weighted by atomic mass is 35.5. The second kappa shape index (κ2) is 8.35. The maximum Gasteiger partial charge on any atom is 0.356 e. The lowest BCUT2D eigenvalue weighted by molar-refractivity contribution is 0.0256. The van der Waals surface area contributed by atoms with Crippen LogP contribution in [0.4, 0.5) is 0 Å². The number of ketones is 2. The fourth-order valence-corrected chi connectivity index (χ4v) is 5.69. The van der Waals surface area contributed by atoms with Gasteiger partial charge in [0.05, 0.1) is 32.6 Å². The number of carbonyl (C=O) groups excluding carboxylic acids is 3. The standard InChI is InChI=1S/C25H20ClNO7S/c1-11-7-14-18(13(12-5-6-35-10-12)8-15(27-14)24(30)33-4)22(28)25(11)23(29)19-16(31-2)9-17(32-3)20(26)21(19)34-25/h5-6,8-11H,7H2,1-4H3. The van der Waals surface area contributed by atoms with Gasteiger partial charge in [-0.1, -0.05) is 18.5 Å². The number of ether oxygens (including phenoxy) is 4. The lowest BCUT2D eigenvalue weighted by Gasteiger charge is -2.37. The first-order valence-electron chi connectivity index (χ1n) is 10.7. The molecule has 5 rings (SSSR count). The highest BCUT2D eigenvalue weighted by Crippen LogP contribution is 2.54. The summed E-state index contributed by atoms with van der Waals surface area (Å²) in [4.78, 5) is 44.9. The second-order valence-electron chi connectivity index (χ2n) is 8.28. The van der Waals surface area contributed by atoms with E-state index in [4.69, 9.17) is 30.5 Å². The molecule has 8 nitrogen and oxygen atoms in total. The number of thiophene rings is 1. The summed E-state index contributed by atoms with van der Waals surface area (Å²) in [6.07, 6.45) is 0.208. The predicted octanol–water partition coefficient (Wildman–Crippen LogP) is 4.66. The summed E-state index contributed by atoms with van der Waals surface area (Å²) in [5.74, 6) is -1.82. The van der Waals surface area contributed by atoms with E-state index >= 15 is 0 Å². The minimum atomic E-state index is -1.86. The van der Waals surface area contributed by atoms with Crippen LogP contribution in [0.15, 0.2) is 29.0 Å². The number of hydrogen-bond acceptors (Lipinski definition) is 9. The van der Waals surface area contributed by atoms with Crippen molar-refractivity contribution in [2.24, 2.45) is 5.92 Å². The number of rotatable bonds is 4. The number of pyridine rings is 1. The molecule has 0 radical (unpaired) electrons. The van der Waals surface area contributed by atoms with E-state index in [2.05, 4.69) is 4.98 Å². The lowest BCUT2D eigenvalue weighted by Crippen LogP contribution is -2.57.